The molecule has 0 spiro atoms. The number of hydrogen-bond donors (Lipinski definition) is 2. The van der Waals surface area contributed by atoms with E-state index in [1.165, 1.54) is 18.5 Å². The van der Waals surface area contributed by atoms with Gasteiger partial charge in [0.05, 0.1) is 5.69 Å². The third-order valence-electron chi connectivity index (χ3n) is 3.39. The van der Waals surface area contributed by atoms with Crippen molar-refractivity contribution < 1.29 is 17.2 Å². The highest BCUT2D eigenvalue weighted by atomic mass is 35.5. The molecule has 0 unspecified atom stereocenters. The summed E-state index contributed by atoms with van der Waals surface area (Å²) in [5.41, 5.74) is 6.60. The van der Waals surface area contributed by atoms with Gasteiger partial charge < -0.3 is 5.73 Å². The summed E-state index contributed by atoms with van der Waals surface area (Å²) in [6, 6.07) is 6.80. The number of sulfonamides is 1. The molecule has 2 aromatic heterocycles. The molecule has 0 amide bonds. The minimum Gasteiger partial charge on any atom is -0.384 e. The van der Waals surface area contributed by atoms with Crippen LogP contribution < -0.4 is 10.5 Å². The van der Waals surface area contributed by atoms with Crippen LogP contribution in [0.25, 0.3) is 11.1 Å². The number of rotatable bonds is 4. The van der Waals surface area contributed by atoms with Crippen molar-refractivity contribution in [2.75, 3.05) is 10.5 Å². The number of nitrogens with zero attached hydrogens (tertiary/aromatic N) is 2. The summed E-state index contributed by atoms with van der Waals surface area (Å²) in [4.78, 5) is 7.15. The van der Waals surface area contributed by atoms with E-state index in [9.17, 15) is 17.2 Å². The number of nitrogens with one attached hydrogen (secondary N) is 1. The van der Waals surface area contributed by atoms with Crippen LogP contribution in [-0.4, -0.2) is 18.4 Å². The highest BCUT2D eigenvalue weighted by Gasteiger charge is 2.21. The zero-order valence-corrected chi connectivity index (χ0v) is 14.5. The maximum Gasteiger partial charge on any atom is 0.264 e. The van der Waals surface area contributed by atoms with Gasteiger partial charge in [-0.1, -0.05) is 11.6 Å². The monoisotopic (exact) mass is 396 g/mol. The largest absolute Gasteiger partial charge is 0.384 e. The first-order valence-electron chi connectivity index (χ1n) is 7.11. The van der Waals surface area contributed by atoms with Crippen LogP contribution in [0.15, 0.2) is 53.7 Å². The van der Waals surface area contributed by atoms with Crippen LogP contribution in [0.5, 0.6) is 0 Å². The van der Waals surface area contributed by atoms with Crippen LogP contribution in [0.4, 0.5) is 20.3 Å². The van der Waals surface area contributed by atoms with Gasteiger partial charge in [0.2, 0.25) is 0 Å². The minimum absolute atomic E-state index is 0.0651. The van der Waals surface area contributed by atoms with Crippen LogP contribution in [0.2, 0.25) is 5.15 Å². The van der Waals surface area contributed by atoms with Crippen molar-refractivity contribution >= 4 is 33.1 Å². The molecule has 0 atom stereocenters. The van der Waals surface area contributed by atoms with Gasteiger partial charge in [-0.05, 0) is 30.3 Å². The lowest BCUT2D eigenvalue weighted by Crippen LogP contribution is -2.15. The van der Waals surface area contributed by atoms with E-state index in [4.69, 9.17) is 17.3 Å². The number of hydrogen-bond acceptors (Lipinski definition) is 5. The lowest BCUT2D eigenvalue weighted by atomic mass is 10.1. The normalized spacial score (nSPS) is 11.3. The van der Waals surface area contributed by atoms with Gasteiger partial charge in [-0.15, -0.1) is 0 Å². The first-order chi connectivity index (χ1) is 12.3. The molecule has 0 aliphatic heterocycles. The molecule has 134 valence electrons. The van der Waals surface area contributed by atoms with Gasteiger partial charge in [-0.2, -0.15) is 0 Å². The number of anilines is 2. The number of nitrogens with two attached hydrogens (primary N) is 1. The average molecular weight is 397 g/mol. The summed E-state index contributed by atoms with van der Waals surface area (Å²) >= 11 is 5.94. The van der Waals surface area contributed by atoms with Gasteiger partial charge in [0.25, 0.3) is 10.0 Å². The topological polar surface area (TPSA) is 98.0 Å². The number of nitrogen functional groups attached to an aromatic ring is 1. The smallest absolute Gasteiger partial charge is 0.264 e. The molecule has 3 rings (SSSR count). The molecule has 0 saturated heterocycles. The van der Waals surface area contributed by atoms with Gasteiger partial charge >= 0.3 is 0 Å². The maximum absolute atomic E-state index is 13.8. The zero-order valence-electron chi connectivity index (χ0n) is 12.9. The summed E-state index contributed by atoms with van der Waals surface area (Å²) in [5, 5.41) is -0.136. The Kier molecular flexibility index (Phi) is 4.75. The second-order valence-corrected chi connectivity index (χ2v) is 7.22. The summed E-state index contributed by atoms with van der Waals surface area (Å²) in [5.74, 6) is -1.79. The third kappa shape index (κ3) is 3.73. The third-order valence-corrected chi connectivity index (χ3v) is 5.09. The van der Waals surface area contributed by atoms with E-state index in [1.807, 2.05) is 0 Å². The van der Waals surface area contributed by atoms with Crippen molar-refractivity contribution in [1.29, 1.82) is 0 Å². The van der Waals surface area contributed by atoms with E-state index in [2.05, 4.69) is 14.7 Å². The molecular weight excluding hydrogens is 386 g/mol. The molecule has 0 radical (unpaired) electrons. The van der Waals surface area contributed by atoms with E-state index in [0.29, 0.717) is 23.0 Å². The van der Waals surface area contributed by atoms with Crippen molar-refractivity contribution in [2.24, 2.45) is 0 Å². The van der Waals surface area contributed by atoms with Crippen molar-refractivity contribution in [3.05, 3.63) is 65.6 Å². The molecule has 0 fully saturated rings. The molecule has 26 heavy (non-hydrogen) atoms. The summed E-state index contributed by atoms with van der Waals surface area (Å²) in [6.45, 7) is 0. The predicted octanol–water partition coefficient (Wildman–Crippen LogP) is 3.46. The molecule has 0 saturated carbocycles. The Morgan fingerprint density at radius 1 is 1.00 bits per heavy atom. The number of pyridine rings is 2. The van der Waals surface area contributed by atoms with E-state index in [-0.39, 0.29) is 10.8 Å². The summed E-state index contributed by atoms with van der Waals surface area (Å²) in [6.07, 6.45) is 2.91. The van der Waals surface area contributed by atoms with Crippen LogP contribution >= 0.6 is 11.6 Å². The molecule has 0 aliphatic carbocycles. The number of aromatic nitrogens is 2. The lowest BCUT2D eigenvalue weighted by Gasteiger charge is -2.11. The molecule has 3 N–H and O–H groups in total. The van der Waals surface area contributed by atoms with Crippen molar-refractivity contribution in [3.8, 4) is 11.1 Å². The van der Waals surface area contributed by atoms with Gasteiger partial charge in [0.1, 0.15) is 22.3 Å². The quantitative estimate of drug-likeness (QED) is 0.658. The van der Waals surface area contributed by atoms with Gasteiger partial charge in [0.15, 0.2) is 5.15 Å². The number of halogens is 3. The fraction of sp³-hybridized carbons (Fsp3) is 0. The van der Waals surface area contributed by atoms with Crippen LogP contribution in [0.3, 0.4) is 0 Å². The Balaban J connectivity index is 1.99. The molecule has 1 aromatic carbocycles. The second-order valence-electron chi connectivity index (χ2n) is 5.21. The molecule has 6 nitrogen and oxygen atoms in total. The zero-order chi connectivity index (χ0) is 18.9. The Morgan fingerprint density at radius 2 is 1.73 bits per heavy atom. The highest BCUT2D eigenvalue weighted by Crippen LogP contribution is 2.29. The molecule has 0 aliphatic rings. The van der Waals surface area contributed by atoms with Crippen molar-refractivity contribution in [3.63, 3.8) is 0 Å². The molecule has 0 bridgehead atoms. The van der Waals surface area contributed by atoms with Gasteiger partial charge in [-0.3, -0.25) is 4.72 Å². The van der Waals surface area contributed by atoms with Crippen molar-refractivity contribution in [1.82, 2.24) is 9.97 Å². The summed E-state index contributed by atoms with van der Waals surface area (Å²) in [7, 11) is -4.34. The van der Waals surface area contributed by atoms with Crippen LogP contribution in [-0.2, 0) is 10.0 Å². The van der Waals surface area contributed by atoms with Gasteiger partial charge in [-0.25, -0.2) is 27.2 Å². The average Bonchev–Trinajstić information content (AvgIpc) is 2.57. The van der Waals surface area contributed by atoms with E-state index < -0.39 is 26.6 Å². The first-order valence-corrected chi connectivity index (χ1v) is 8.98. The van der Waals surface area contributed by atoms with Crippen LogP contribution in [0, 0.1) is 11.6 Å². The maximum atomic E-state index is 13.8. The van der Waals surface area contributed by atoms with E-state index in [1.54, 1.807) is 12.1 Å². The Labute approximate surface area is 152 Å². The molecule has 10 heteroatoms. The highest BCUT2D eigenvalue weighted by molar-refractivity contribution is 7.92. The fourth-order valence-corrected chi connectivity index (χ4v) is 3.47. The summed E-state index contributed by atoms with van der Waals surface area (Å²) < 4.78 is 53.7. The van der Waals surface area contributed by atoms with E-state index in [0.717, 1.165) is 12.1 Å². The Hall–Kier alpha value is -2.78. The number of benzene rings is 1. The van der Waals surface area contributed by atoms with Crippen LogP contribution in [0.1, 0.15) is 0 Å². The fourth-order valence-electron chi connectivity index (χ4n) is 2.15. The lowest BCUT2D eigenvalue weighted by molar-refractivity contribution is 0.551. The Bertz CT molecular complexity index is 1080. The van der Waals surface area contributed by atoms with Gasteiger partial charge in [0, 0.05) is 29.6 Å². The SMILES string of the molecule is Nc1ccc(-c2cnc(Cl)c(NS(=O)(=O)c3ccc(F)cc3F)c2)cn1. The minimum atomic E-state index is -4.34. The first kappa shape index (κ1) is 18.0. The predicted molar refractivity (Wildman–Crippen MR) is 94.1 cm³/mol. The standard InChI is InChI=1S/C16H11ClF2N4O2S/c17-16-13(5-10(8-22-16)9-1-4-15(20)21-7-9)23-26(24,25)14-3-2-11(18)6-12(14)19/h1-8,23H,(H2,20,21). The van der Waals surface area contributed by atoms with E-state index >= 15 is 0 Å². The van der Waals surface area contributed by atoms with Crippen molar-refractivity contribution in [2.45, 2.75) is 4.90 Å². The molecular formula is C16H11ClF2N4O2S. The second kappa shape index (κ2) is 6.85. The Morgan fingerprint density at radius 3 is 2.38 bits per heavy atom. The molecule has 3 aromatic rings. The molecule has 2 heterocycles.